The van der Waals surface area contributed by atoms with E-state index in [1.54, 1.807) is 6.20 Å². The Morgan fingerprint density at radius 1 is 1.33 bits per heavy atom. The molecule has 2 nitrogen and oxygen atoms in total. The van der Waals surface area contributed by atoms with Crippen LogP contribution in [-0.2, 0) is 6.42 Å². The van der Waals surface area contributed by atoms with Crippen LogP contribution in [0.1, 0.15) is 22.7 Å². The molecule has 1 N–H and O–H groups in total. The minimum atomic E-state index is 0.210. The number of nitrogens with zero attached hydrogens (tertiary/aromatic N) is 1. The van der Waals surface area contributed by atoms with Gasteiger partial charge in [-0.25, -0.2) is 0 Å². The Morgan fingerprint density at radius 3 is 2.78 bits per heavy atom. The maximum atomic E-state index is 6.31. The summed E-state index contributed by atoms with van der Waals surface area (Å²) in [5.74, 6) is 0. The lowest BCUT2D eigenvalue weighted by atomic mass is 9.99. The molecule has 18 heavy (non-hydrogen) atoms. The van der Waals surface area contributed by atoms with Crippen molar-refractivity contribution in [3.8, 4) is 0 Å². The molecule has 0 fully saturated rings. The zero-order chi connectivity index (χ0) is 13.0. The highest BCUT2D eigenvalue weighted by molar-refractivity contribution is 6.31. The second-order valence-electron chi connectivity index (χ2n) is 4.43. The third kappa shape index (κ3) is 3.09. The summed E-state index contributed by atoms with van der Waals surface area (Å²) in [7, 11) is 1.96. The smallest absolute Gasteiger partial charge is 0.0456 e. The SMILES string of the molecule is CNC(Cc1cccnc1)c1ccc(C)cc1Cl. The van der Waals surface area contributed by atoms with Crippen molar-refractivity contribution >= 4 is 11.6 Å². The first kappa shape index (κ1) is 13.1. The van der Waals surface area contributed by atoms with E-state index in [0.717, 1.165) is 17.0 Å². The molecule has 0 saturated heterocycles. The fourth-order valence-electron chi connectivity index (χ4n) is 2.04. The summed E-state index contributed by atoms with van der Waals surface area (Å²) in [5, 5.41) is 4.13. The fourth-order valence-corrected chi connectivity index (χ4v) is 2.40. The molecule has 0 saturated carbocycles. The Kier molecular flexibility index (Phi) is 4.34. The molecule has 1 aromatic heterocycles. The number of benzene rings is 1. The van der Waals surface area contributed by atoms with Gasteiger partial charge in [0.2, 0.25) is 0 Å². The van der Waals surface area contributed by atoms with Gasteiger partial charge in [0.05, 0.1) is 0 Å². The Morgan fingerprint density at radius 2 is 2.17 bits per heavy atom. The first-order chi connectivity index (χ1) is 8.70. The van der Waals surface area contributed by atoms with Gasteiger partial charge < -0.3 is 5.32 Å². The van der Waals surface area contributed by atoms with Crippen molar-refractivity contribution in [1.82, 2.24) is 10.3 Å². The summed E-state index contributed by atoms with van der Waals surface area (Å²) >= 11 is 6.31. The molecule has 0 aliphatic carbocycles. The molecule has 2 aromatic rings. The lowest BCUT2D eigenvalue weighted by Gasteiger charge is -2.18. The number of aromatic nitrogens is 1. The van der Waals surface area contributed by atoms with E-state index in [0.29, 0.717) is 0 Å². The molecule has 0 aliphatic heterocycles. The Bertz CT molecular complexity index is 511. The highest BCUT2D eigenvalue weighted by Gasteiger charge is 2.13. The molecule has 1 unspecified atom stereocenters. The number of hydrogen-bond acceptors (Lipinski definition) is 2. The molecule has 0 amide bonds. The van der Waals surface area contributed by atoms with Gasteiger partial charge in [-0.05, 0) is 49.2 Å². The van der Waals surface area contributed by atoms with Crippen LogP contribution in [0.25, 0.3) is 0 Å². The molecular weight excluding hydrogens is 244 g/mol. The molecule has 1 atom stereocenters. The number of halogens is 1. The van der Waals surface area contributed by atoms with Crippen molar-refractivity contribution < 1.29 is 0 Å². The molecule has 0 aliphatic rings. The van der Waals surface area contributed by atoms with E-state index in [1.165, 1.54) is 11.1 Å². The van der Waals surface area contributed by atoms with E-state index in [9.17, 15) is 0 Å². The van der Waals surface area contributed by atoms with Gasteiger partial charge in [0.1, 0.15) is 0 Å². The molecule has 3 heteroatoms. The normalized spacial score (nSPS) is 12.4. The van der Waals surface area contributed by atoms with Crippen molar-refractivity contribution in [3.63, 3.8) is 0 Å². The summed E-state index contributed by atoms with van der Waals surface area (Å²) in [4.78, 5) is 4.14. The van der Waals surface area contributed by atoms with Crippen molar-refractivity contribution in [3.05, 3.63) is 64.4 Å². The van der Waals surface area contributed by atoms with Crippen molar-refractivity contribution in [2.45, 2.75) is 19.4 Å². The van der Waals surface area contributed by atoms with Crippen LogP contribution in [0.2, 0.25) is 5.02 Å². The largest absolute Gasteiger partial charge is 0.313 e. The van der Waals surface area contributed by atoms with Gasteiger partial charge in [0.15, 0.2) is 0 Å². The maximum Gasteiger partial charge on any atom is 0.0456 e. The van der Waals surface area contributed by atoms with Gasteiger partial charge in [0, 0.05) is 23.5 Å². The van der Waals surface area contributed by atoms with Crippen LogP contribution in [0, 0.1) is 6.92 Å². The third-order valence-electron chi connectivity index (χ3n) is 3.04. The highest BCUT2D eigenvalue weighted by Crippen LogP contribution is 2.26. The zero-order valence-corrected chi connectivity index (χ0v) is 11.4. The lowest BCUT2D eigenvalue weighted by molar-refractivity contribution is 0.591. The second kappa shape index (κ2) is 5.98. The minimum absolute atomic E-state index is 0.210. The summed E-state index contributed by atoms with van der Waals surface area (Å²) < 4.78 is 0. The van der Waals surface area contributed by atoms with Crippen molar-refractivity contribution in [2.24, 2.45) is 0 Å². The number of rotatable bonds is 4. The van der Waals surface area contributed by atoms with E-state index in [-0.39, 0.29) is 6.04 Å². The molecular formula is C15H17ClN2. The first-order valence-corrected chi connectivity index (χ1v) is 6.40. The third-order valence-corrected chi connectivity index (χ3v) is 3.37. The predicted octanol–water partition coefficient (Wildman–Crippen LogP) is 3.55. The van der Waals surface area contributed by atoms with Gasteiger partial charge in [-0.1, -0.05) is 29.8 Å². The Labute approximate surface area is 113 Å². The molecule has 0 bridgehead atoms. The average molecular weight is 261 g/mol. The van der Waals surface area contributed by atoms with Gasteiger partial charge in [0.25, 0.3) is 0 Å². The van der Waals surface area contributed by atoms with Crippen molar-refractivity contribution in [1.29, 1.82) is 0 Å². The number of aryl methyl sites for hydroxylation is 1. The molecule has 1 heterocycles. The maximum absolute atomic E-state index is 6.31. The average Bonchev–Trinajstić information content (AvgIpc) is 2.38. The first-order valence-electron chi connectivity index (χ1n) is 6.03. The summed E-state index contributed by atoms with van der Waals surface area (Å²) in [6.07, 6.45) is 4.57. The van der Waals surface area contributed by atoms with E-state index >= 15 is 0 Å². The van der Waals surface area contributed by atoms with E-state index in [4.69, 9.17) is 11.6 Å². The van der Waals surface area contributed by atoms with Gasteiger partial charge in [-0.15, -0.1) is 0 Å². The van der Waals surface area contributed by atoms with Gasteiger partial charge in [-0.2, -0.15) is 0 Å². The zero-order valence-electron chi connectivity index (χ0n) is 10.7. The minimum Gasteiger partial charge on any atom is -0.313 e. The van der Waals surface area contributed by atoms with Crippen LogP contribution in [-0.4, -0.2) is 12.0 Å². The Hall–Kier alpha value is -1.38. The summed E-state index contributed by atoms with van der Waals surface area (Å²) in [6, 6.07) is 10.4. The topological polar surface area (TPSA) is 24.9 Å². The summed E-state index contributed by atoms with van der Waals surface area (Å²) in [5.41, 5.74) is 3.52. The van der Waals surface area contributed by atoms with Crippen LogP contribution in [0.4, 0.5) is 0 Å². The van der Waals surface area contributed by atoms with Crippen LogP contribution < -0.4 is 5.32 Å². The number of likely N-dealkylation sites (N-methyl/N-ethyl adjacent to an activating group) is 1. The number of nitrogens with one attached hydrogen (secondary N) is 1. The lowest BCUT2D eigenvalue weighted by Crippen LogP contribution is -2.19. The van der Waals surface area contributed by atoms with E-state index in [1.807, 2.05) is 32.3 Å². The van der Waals surface area contributed by atoms with Crippen LogP contribution in [0.15, 0.2) is 42.7 Å². The fraction of sp³-hybridized carbons (Fsp3) is 0.267. The quantitative estimate of drug-likeness (QED) is 0.910. The molecule has 0 radical (unpaired) electrons. The van der Waals surface area contributed by atoms with Crippen LogP contribution in [0.3, 0.4) is 0 Å². The van der Waals surface area contributed by atoms with Crippen LogP contribution >= 0.6 is 11.6 Å². The molecule has 0 spiro atoms. The molecule has 94 valence electrons. The summed E-state index contributed by atoms with van der Waals surface area (Å²) in [6.45, 7) is 2.05. The van der Waals surface area contributed by atoms with Gasteiger partial charge >= 0.3 is 0 Å². The van der Waals surface area contributed by atoms with Crippen molar-refractivity contribution in [2.75, 3.05) is 7.05 Å². The predicted molar refractivity (Wildman–Crippen MR) is 75.9 cm³/mol. The second-order valence-corrected chi connectivity index (χ2v) is 4.84. The number of pyridine rings is 1. The molecule has 1 aromatic carbocycles. The number of hydrogen-bond donors (Lipinski definition) is 1. The monoisotopic (exact) mass is 260 g/mol. The van der Waals surface area contributed by atoms with E-state index in [2.05, 4.69) is 28.5 Å². The highest BCUT2D eigenvalue weighted by atomic mass is 35.5. The molecule has 2 rings (SSSR count). The van der Waals surface area contributed by atoms with Crippen LogP contribution in [0.5, 0.6) is 0 Å². The van der Waals surface area contributed by atoms with E-state index < -0.39 is 0 Å². The van der Waals surface area contributed by atoms with Gasteiger partial charge in [-0.3, -0.25) is 4.98 Å². The Balaban J connectivity index is 2.23. The standard InChI is InChI=1S/C15H17ClN2/c1-11-5-6-13(14(16)8-11)15(17-2)9-12-4-3-7-18-10-12/h3-8,10,15,17H,9H2,1-2H3.